The number of hydrogen-bond acceptors (Lipinski definition) is 6. The highest BCUT2D eigenvalue weighted by Crippen LogP contribution is 2.24. The summed E-state index contributed by atoms with van der Waals surface area (Å²) in [6.07, 6.45) is 3.56. The average Bonchev–Trinajstić information content (AvgIpc) is 3.26. The minimum Gasteiger partial charge on any atom is -0.484 e. The second-order valence-electron chi connectivity index (χ2n) is 7.68. The fraction of sp³-hybridized carbons (Fsp3) is 0.240. The summed E-state index contributed by atoms with van der Waals surface area (Å²) in [5, 5.41) is 10.2. The third-order valence-corrected chi connectivity index (χ3v) is 5.54. The fourth-order valence-corrected chi connectivity index (χ4v) is 3.65. The lowest BCUT2D eigenvalue weighted by molar-refractivity contribution is -0.133. The molecule has 0 bridgehead atoms. The van der Waals surface area contributed by atoms with Crippen molar-refractivity contribution < 1.29 is 13.9 Å². The van der Waals surface area contributed by atoms with Gasteiger partial charge in [-0.2, -0.15) is 10.2 Å². The van der Waals surface area contributed by atoms with Crippen molar-refractivity contribution in [2.24, 2.45) is 0 Å². The van der Waals surface area contributed by atoms with E-state index in [0.29, 0.717) is 48.7 Å². The van der Waals surface area contributed by atoms with Gasteiger partial charge in [0.15, 0.2) is 6.61 Å². The number of nitrogens with zero attached hydrogens (tertiary/aromatic N) is 4. The number of halogens is 1. The molecule has 1 amide bonds. The van der Waals surface area contributed by atoms with Crippen LogP contribution in [-0.4, -0.2) is 48.6 Å². The number of amides is 1. The number of nitriles is 1. The second kappa shape index (κ2) is 10.2. The van der Waals surface area contributed by atoms with Gasteiger partial charge in [-0.25, -0.2) is 0 Å². The smallest absolute Gasteiger partial charge is 0.260 e. The lowest BCUT2D eigenvalue weighted by Gasteiger charge is -2.34. The predicted octanol–water partition coefficient (Wildman–Crippen LogP) is 4.41. The number of carbonyl (C=O) groups is 1. The number of piperazine rings is 1. The number of benzene rings is 2. The van der Waals surface area contributed by atoms with Gasteiger partial charge in [-0.1, -0.05) is 35.9 Å². The van der Waals surface area contributed by atoms with E-state index in [1.54, 1.807) is 23.1 Å². The monoisotopic (exact) mass is 462 g/mol. The molecule has 0 atom stereocenters. The Morgan fingerprint density at radius 2 is 1.94 bits per heavy atom. The van der Waals surface area contributed by atoms with Gasteiger partial charge in [0.1, 0.15) is 11.8 Å². The number of aryl methyl sites for hydroxylation is 1. The number of aromatic nitrogens is 1. The standard InChI is InChI=1S/C25H23ClN4O3/c1-18-3-2-4-21(15-18)32-17-24(31)29-11-13-30(14-12-29)25-22(16-27)28-23(33-25)10-7-19-5-8-20(26)9-6-19/h2-10,15H,11-14,17H2,1H3/b10-7+. The lowest BCUT2D eigenvalue weighted by atomic mass is 10.2. The third-order valence-electron chi connectivity index (χ3n) is 5.29. The summed E-state index contributed by atoms with van der Waals surface area (Å²) in [5.74, 6) is 1.39. The largest absolute Gasteiger partial charge is 0.484 e. The topological polar surface area (TPSA) is 82.6 Å². The number of anilines is 1. The molecule has 4 rings (SSSR count). The maximum Gasteiger partial charge on any atom is 0.260 e. The van der Waals surface area contributed by atoms with E-state index in [2.05, 4.69) is 11.1 Å². The van der Waals surface area contributed by atoms with E-state index in [4.69, 9.17) is 20.8 Å². The molecule has 3 aromatic rings. The van der Waals surface area contributed by atoms with E-state index in [0.717, 1.165) is 11.1 Å². The molecule has 1 saturated heterocycles. The first-order valence-electron chi connectivity index (χ1n) is 10.6. The van der Waals surface area contributed by atoms with E-state index in [9.17, 15) is 10.1 Å². The Labute approximate surface area is 197 Å². The van der Waals surface area contributed by atoms with Gasteiger partial charge >= 0.3 is 0 Å². The van der Waals surface area contributed by atoms with Crippen LogP contribution in [0.1, 0.15) is 22.7 Å². The highest BCUT2D eigenvalue weighted by Gasteiger charge is 2.26. The number of hydrogen-bond donors (Lipinski definition) is 0. The summed E-state index contributed by atoms with van der Waals surface area (Å²) in [5.41, 5.74) is 2.25. The molecule has 1 aliphatic rings. The summed E-state index contributed by atoms with van der Waals surface area (Å²) in [6, 6.07) is 17.1. The van der Waals surface area contributed by atoms with Crippen LogP contribution in [0, 0.1) is 18.3 Å². The van der Waals surface area contributed by atoms with Gasteiger partial charge in [0.05, 0.1) is 0 Å². The van der Waals surface area contributed by atoms with Crippen LogP contribution < -0.4 is 9.64 Å². The maximum atomic E-state index is 12.5. The van der Waals surface area contributed by atoms with Crippen molar-refractivity contribution in [1.82, 2.24) is 9.88 Å². The van der Waals surface area contributed by atoms with Gasteiger partial charge in [-0.05, 0) is 48.4 Å². The van der Waals surface area contributed by atoms with Crippen molar-refractivity contribution in [2.45, 2.75) is 6.92 Å². The molecule has 1 fully saturated rings. The number of rotatable bonds is 6. The molecule has 0 radical (unpaired) electrons. The molecule has 1 aliphatic heterocycles. The van der Waals surface area contributed by atoms with Crippen LogP contribution in [-0.2, 0) is 4.79 Å². The van der Waals surface area contributed by atoms with Crippen LogP contribution in [0.15, 0.2) is 52.9 Å². The van der Waals surface area contributed by atoms with Crippen molar-refractivity contribution in [3.05, 3.63) is 76.3 Å². The first kappa shape index (κ1) is 22.4. The summed E-state index contributed by atoms with van der Waals surface area (Å²) < 4.78 is 11.5. The van der Waals surface area contributed by atoms with E-state index < -0.39 is 0 Å². The molecular weight excluding hydrogens is 440 g/mol. The second-order valence-corrected chi connectivity index (χ2v) is 8.11. The fourth-order valence-electron chi connectivity index (χ4n) is 3.53. The zero-order valence-corrected chi connectivity index (χ0v) is 19.0. The minimum atomic E-state index is -0.0687. The van der Waals surface area contributed by atoms with Crippen LogP contribution >= 0.6 is 11.6 Å². The Hall–Kier alpha value is -3.76. The van der Waals surface area contributed by atoms with Gasteiger partial charge in [0.2, 0.25) is 17.5 Å². The quantitative estimate of drug-likeness (QED) is 0.539. The van der Waals surface area contributed by atoms with Crippen LogP contribution in [0.3, 0.4) is 0 Å². The van der Waals surface area contributed by atoms with Gasteiger partial charge < -0.3 is 19.0 Å². The average molecular weight is 463 g/mol. The zero-order chi connectivity index (χ0) is 23.2. The minimum absolute atomic E-state index is 0.00511. The Bertz CT molecular complexity index is 1190. The SMILES string of the molecule is Cc1cccc(OCC(=O)N2CCN(c3oc(/C=C/c4ccc(Cl)cc4)nc3C#N)CC2)c1. The van der Waals surface area contributed by atoms with E-state index in [1.807, 2.05) is 54.3 Å². The summed E-state index contributed by atoms with van der Waals surface area (Å²) in [7, 11) is 0. The van der Waals surface area contributed by atoms with Crippen LogP contribution in [0.2, 0.25) is 5.02 Å². The Morgan fingerprint density at radius 3 is 2.64 bits per heavy atom. The van der Waals surface area contributed by atoms with Crippen molar-refractivity contribution in [3.8, 4) is 11.8 Å². The maximum absolute atomic E-state index is 12.5. The van der Waals surface area contributed by atoms with Crippen LogP contribution in [0.5, 0.6) is 5.75 Å². The van der Waals surface area contributed by atoms with E-state index >= 15 is 0 Å². The highest BCUT2D eigenvalue weighted by molar-refractivity contribution is 6.30. The van der Waals surface area contributed by atoms with Crippen molar-refractivity contribution >= 4 is 35.5 Å². The number of ether oxygens (including phenoxy) is 1. The van der Waals surface area contributed by atoms with Gasteiger partial charge in [-0.15, -0.1) is 0 Å². The molecule has 0 N–H and O–H groups in total. The Morgan fingerprint density at radius 1 is 1.18 bits per heavy atom. The molecule has 1 aromatic heterocycles. The first-order chi connectivity index (χ1) is 16.0. The number of oxazole rings is 1. The molecule has 7 nitrogen and oxygen atoms in total. The molecule has 2 heterocycles. The molecule has 0 aliphatic carbocycles. The van der Waals surface area contributed by atoms with Gasteiger partial charge in [0, 0.05) is 37.3 Å². The van der Waals surface area contributed by atoms with E-state index in [-0.39, 0.29) is 18.2 Å². The van der Waals surface area contributed by atoms with E-state index in [1.165, 1.54) is 0 Å². The molecule has 8 heteroatoms. The lowest BCUT2D eigenvalue weighted by Crippen LogP contribution is -2.50. The molecule has 2 aromatic carbocycles. The van der Waals surface area contributed by atoms with Crippen molar-refractivity contribution in [2.75, 3.05) is 37.7 Å². The molecule has 0 unspecified atom stereocenters. The highest BCUT2D eigenvalue weighted by atomic mass is 35.5. The predicted molar refractivity (Wildman–Crippen MR) is 127 cm³/mol. The Balaban J connectivity index is 1.34. The third kappa shape index (κ3) is 5.73. The summed E-state index contributed by atoms with van der Waals surface area (Å²) >= 11 is 5.91. The van der Waals surface area contributed by atoms with Crippen molar-refractivity contribution in [1.29, 1.82) is 5.26 Å². The van der Waals surface area contributed by atoms with Gasteiger partial charge in [0.25, 0.3) is 5.91 Å². The molecular formula is C25H23ClN4O3. The first-order valence-corrected chi connectivity index (χ1v) is 11.0. The van der Waals surface area contributed by atoms with Crippen LogP contribution in [0.4, 0.5) is 5.88 Å². The van der Waals surface area contributed by atoms with Crippen LogP contribution in [0.25, 0.3) is 12.2 Å². The molecule has 33 heavy (non-hydrogen) atoms. The van der Waals surface area contributed by atoms with Crippen molar-refractivity contribution in [3.63, 3.8) is 0 Å². The molecule has 168 valence electrons. The van der Waals surface area contributed by atoms with Gasteiger partial charge in [-0.3, -0.25) is 4.79 Å². The zero-order valence-electron chi connectivity index (χ0n) is 18.2. The number of carbonyl (C=O) groups excluding carboxylic acids is 1. The molecule has 0 spiro atoms. The summed E-state index contributed by atoms with van der Waals surface area (Å²) in [6.45, 7) is 4.08. The molecule has 0 saturated carbocycles. The normalized spacial score (nSPS) is 13.8. The Kier molecular flexibility index (Phi) is 6.96. The summed E-state index contributed by atoms with van der Waals surface area (Å²) in [4.78, 5) is 20.5.